The van der Waals surface area contributed by atoms with Gasteiger partial charge < -0.3 is 4.74 Å². The van der Waals surface area contributed by atoms with Crippen LogP contribution >= 0.6 is 0 Å². The third-order valence-electron chi connectivity index (χ3n) is 2.93. The Morgan fingerprint density at radius 2 is 2.23 bits per heavy atom. The summed E-state index contributed by atoms with van der Waals surface area (Å²) in [5, 5.41) is 0. The van der Waals surface area contributed by atoms with Crippen molar-refractivity contribution in [3.05, 3.63) is 34.9 Å². The standard InChI is InChI=1S/C12H16O/c1-9-5-3-6-10-7-4-8-11(13-2)12(9)10/h3,5-6,11H,4,7-8H2,1-2H3. The van der Waals surface area contributed by atoms with Crippen molar-refractivity contribution in [3.63, 3.8) is 0 Å². The summed E-state index contributed by atoms with van der Waals surface area (Å²) >= 11 is 0. The molecule has 1 aromatic carbocycles. The van der Waals surface area contributed by atoms with E-state index in [-0.39, 0.29) is 0 Å². The molecule has 0 bridgehead atoms. The smallest absolute Gasteiger partial charge is 0.0826 e. The highest BCUT2D eigenvalue weighted by molar-refractivity contribution is 5.37. The van der Waals surface area contributed by atoms with Gasteiger partial charge >= 0.3 is 0 Å². The van der Waals surface area contributed by atoms with Gasteiger partial charge in [-0.2, -0.15) is 0 Å². The molecule has 0 fully saturated rings. The van der Waals surface area contributed by atoms with Crippen LogP contribution in [-0.4, -0.2) is 7.11 Å². The first-order valence-electron chi connectivity index (χ1n) is 4.94. The molecule has 1 atom stereocenters. The fourth-order valence-electron chi connectivity index (χ4n) is 2.28. The van der Waals surface area contributed by atoms with Gasteiger partial charge in [-0.1, -0.05) is 18.2 Å². The highest BCUT2D eigenvalue weighted by Crippen LogP contribution is 2.33. The van der Waals surface area contributed by atoms with Crippen molar-refractivity contribution in [2.75, 3.05) is 7.11 Å². The number of benzene rings is 1. The molecule has 0 radical (unpaired) electrons. The molecule has 1 aliphatic rings. The lowest BCUT2D eigenvalue weighted by atomic mass is 9.86. The van der Waals surface area contributed by atoms with Crippen LogP contribution in [0.25, 0.3) is 0 Å². The van der Waals surface area contributed by atoms with Gasteiger partial charge in [0, 0.05) is 7.11 Å². The highest BCUT2D eigenvalue weighted by atomic mass is 16.5. The van der Waals surface area contributed by atoms with Crippen molar-refractivity contribution >= 4 is 0 Å². The number of ether oxygens (including phenoxy) is 1. The molecular weight excluding hydrogens is 160 g/mol. The zero-order valence-electron chi connectivity index (χ0n) is 8.34. The molecule has 1 nitrogen and oxygen atoms in total. The Bertz CT molecular complexity index is 304. The van der Waals surface area contributed by atoms with Crippen LogP contribution < -0.4 is 0 Å². The van der Waals surface area contributed by atoms with Crippen molar-refractivity contribution in [2.24, 2.45) is 0 Å². The number of hydrogen-bond acceptors (Lipinski definition) is 1. The Morgan fingerprint density at radius 1 is 1.38 bits per heavy atom. The molecule has 0 N–H and O–H groups in total. The van der Waals surface area contributed by atoms with Gasteiger partial charge in [-0.15, -0.1) is 0 Å². The predicted molar refractivity (Wildman–Crippen MR) is 53.9 cm³/mol. The van der Waals surface area contributed by atoms with Crippen molar-refractivity contribution in [2.45, 2.75) is 32.3 Å². The largest absolute Gasteiger partial charge is 0.377 e. The van der Waals surface area contributed by atoms with E-state index in [1.807, 2.05) is 7.11 Å². The van der Waals surface area contributed by atoms with Crippen LogP contribution in [0.15, 0.2) is 18.2 Å². The maximum atomic E-state index is 5.50. The molecule has 0 amide bonds. The summed E-state index contributed by atoms with van der Waals surface area (Å²) in [4.78, 5) is 0. The molecule has 13 heavy (non-hydrogen) atoms. The van der Waals surface area contributed by atoms with E-state index in [1.165, 1.54) is 36.0 Å². The lowest BCUT2D eigenvalue weighted by molar-refractivity contribution is 0.0875. The normalized spacial score (nSPS) is 21.2. The van der Waals surface area contributed by atoms with Crippen LogP contribution in [0.4, 0.5) is 0 Å². The van der Waals surface area contributed by atoms with Crippen LogP contribution in [0.2, 0.25) is 0 Å². The Kier molecular flexibility index (Phi) is 2.36. The summed E-state index contributed by atoms with van der Waals surface area (Å²) in [6, 6.07) is 6.55. The maximum Gasteiger partial charge on any atom is 0.0826 e. The van der Waals surface area contributed by atoms with Crippen molar-refractivity contribution in [1.82, 2.24) is 0 Å². The highest BCUT2D eigenvalue weighted by Gasteiger charge is 2.20. The zero-order chi connectivity index (χ0) is 9.26. The third-order valence-corrected chi connectivity index (χ3v) is 2.93. The van der Waals surface area contributed by atoms with Gasteiger partial charge in [0.2, 0.25) is 0 Å². The molecule has 0 aliphatic heterocycles. The van der Waals surface area contributed by atoms with E-state index in [9.17, 15) is 0 Å². The summed E-state index contributed by atoms with van der Waals surface area (Å²) < 4.78 is 5.50. The van der Waals surface area contributed by atoms with Gasteiger partial charge in [0.1, 0.15) is 0 Å². The Morgan fingerprint density at radius 3 is 3.00 bits per heavy atom. The van der Waals surface area contributed by atoms with Crippen molar-refractivity contribution in [1.29, 1.82) is 0 Å². The molecule has 0 aromatic heterocycles. The molecule has 0 spiro atoms. The lowest BCUT2D eigenvalue weighted by Crippen LogP contribution is -2.12. The fraction of sp³-hybridized carbons (Fsp3) is 0.500. The minimum atomic E-state index is 0.338. The van der Waals surface area contributed by atoms with Gasteiger partial charge in [-0.3, -0.25) is 0 Å². The molecule has 1 heteroatoms. The van der Waals surface area contributed by atoms with Gasteiger partial charge in [-0.25, -0.2) is 0 Å². The first-order valence-corrected chi connectivity index (χ1v) is 4.94. The van der Waals surface area contributed by atoms with Crippen molar-refractivity contribution < 1.29 is 4.74 Å². The Balaban J connectivity index is 2.47. The second-order valence-electron chi connectivity index (χ2n) is 3.76. The van der Waals surface area contributed by atoms with E-state index >= 15 is 0 Å². The van der Waals surface area contributed by atoms with E-state index in [2.05, 4.69) is 25.1 Å². The summed E-state index contributed by atoms with van der Waals surface area (Å²) in [6.45, 7) is 2.18. The lowest BCUT2D eigenvalue weighted by Gasteiger charge is -2.25. The van der Waals surface area contributed by atoms with Crippen LogP contribution in [0, 0.1) is 6.92 Å². The molecule has 1 unspecified atom stereocenters. The predicted octanol–water partition coefficient (Wildman–Crippen LogP) is 3.02. The summed E-state index contributed by atoms with van der Waals surface area (Å²) in [5.41, 5.74) is 4.30. The molecule has 0 heterocycles. The number of rotatable bonds is 1. The first kappa shape index (κ1) is 8.76. The van der Waals surface area contributed by atoms with E-state index < -0.39 is 0 Å². The molecule has 1 aliphatic carbocycles. The average Bonchev–Trinajstić information content (AvgIpc) is 2.17. The monoisotopic (exact) mass is 176 g/mol. The van der Waals surface area contributed by atoms with Gasteiger partial charge in [0.05, 0.1) is 6.10 Å². The topological polar surface area (TPSA) is 9.23 Å². The van der Waals surface area contributed by atoms with Crippen LogP contribution in [0.3, 0.4) is 0 Å². The summed E-state index contributed by atoms with van der Waals surface area (Å²) in [5.74, 6) is 0. The Labute approximate surface area is 79.7 Å². The minimum Gasteiger partial charge on any atom is -0.377 e. The fourth-order valence-corrected chi connectivity index (χ4v) is 2.28. The van der Waals surface area contributed by atoms with E-state index in [0.29, 0.717) is 6.10 Å². The maximum absolute atomic E-state index is 5.50. The number of fused-ring (bicyclic) bond motifs is 1. The quantitative estimate of drug-likeness (QED) is 0.639. The third kappa shape index (κ3) is 1.49. The van der Waals surface area contributed by atoms with Crippen LogP contribution in [-0.2, 0) is 11.2 Å². The molecule has 2 rings (SSSR count). The number of hydrogen-bond donors (Lipinski definition) is 0. The van der Waals surface area contributed by atoms with Crippen LogP contribution in [0.5, 0.6) is 0 Å². The Hall–Kier alpha value is -0.820. The zero-order valence-corrected chi connectivity index (χ0v) is 8.34. The second-order valence-corrected chi connectivity index (χ2v) is 3.76. The second kappa shape index (κ2) is 3.51. The molecular formula is C12H16O. The van der Waals surface area contributed by atoms with E-state index in [1.54, 1.807) is 0 Å². The van der Waals surface area contributed by atoms with E-state index in [0.717, 1.165) is 0 Å². The summed E-state index contributed by atoms with van der Waals surface area (Å²) in [7, 11) is 1.81. The molecule has 1 aromatic rings. The van der Waals surface area contributed by atoms with Crippen LogP contribution in [0.1, 0.15) is 35.6 Å². The molecule has 70 valence electrons. The number of aryl methyl sites for hydroxylation is 2. The van der Waals surface area contributed by atoms with Gasteiger partial charge in [0.25, 0.3) is 0 Å². The van der Waals surface area contributed by atoms with E-state index in [4.69, 9.17) is 4.74 Å². The number of methoxy groups -OCH3 is 1. The SMILES string of the molecule is COC1CCCc2cccc(C)c21. The van der Waals surface area contributed by atoms with Crippen molar-refractivity contribution in [3.8, 4) is 0 Å². The summed E-state index contributed by atoms with van der Waals surface area (Å²) in [6.07, 6.45) is 3.99. The average molecular weight is 176 g/mol. The first-order chi connectivity index (χ1) is 6.33. The molecule has 0 saturated heterocycles. The molecule has 0 saturated carbocycles. The van der Waals surface area contributed by atoms with Gasteiger partial charge in [0.15, 0.2) is 0 Å². The minimum absolute atomic E-state index is 0.338. The van der Waals surface area contributed by atoms with Gasteiger partial charge in [-0.05, 0) is 42.9 Å².